The van der Waals surface area contributed by atoms with Gasteiger partial charge in [-0.25, -0.2) is 9.37 Å². The molecule has 0 saturated heterocycles. The third kappa shape index (κ3) is 5.81. The van der Waals surface area contributed by atoms with E-state index in [1.807, 2.05) is 13.0 Å². The highest BCUT2D eigenvalue weighted by molar-refractivity contribution is 7.09. The Labute approximate surface area is 153 Å². The minimum absolute atomic E-state index is 0.0792. The zero-order valence-electron chi connectivity index (χ0n) is 15.6. The second-order valence-electron chi connectivity index (χ2n) is 7.07. The molecule has 0 aliphatic rings. The van der Waals surface area contributed by atoms with Gasteiger partial charge in [0.25, 0.3) is 0 Å². The fraction of sp³-hybridized carbons (Fsp3) is 0.474. The number of guanidine groups is 1. The minimum atomic E-state index is -0.190. The number of aromatic nitrogens is 1. The van der Waals surface area contributed by atoms with E-state index in [2.05, 4.69) is 46.8 Å². The Morgan fingerprint density at radius 1 is 1.28 bits per heavy atom. The third-order valence-electron chi connectivity index (χ3n) is 3.85. The maximum atomic E-state index is 13.1. The van der Waals surface area contributed by atoms with Crippen molar-refractivity contribution in [3.05, 3.63) is 51.2 Å². The first kappa shape index (κ1) is 19.4. The fourth-order valence-electron chi connectivity index (χ4n) is 2.38. The van der Waals surface area contributed by atoms with Gasteiger partial charge in [0.15, 0.2) is 5.96 Å². The molecular weight excluding hydrogens is 335 g/mol. The summed E-state index contributed by atoms with van der Waals surface area (Å²) >= 11 is 1.69. The van der Waals surface area contributed by atoms with Crippen molar-refractivity contribution in [1.82, 2.24) is 15.6 Å². The van der Waals surface area contributed by atoms with Crippen LogP contribution >= 0.6 is 11.3 Å². The van der Waals surface area contributed by atoms with Gasteiger partial charge in [-0.05, 0) is 36.6 Å². The number of hydrogen-bond donors (Lipinski definition) is 2. The summed E-state index contributed by atoms with van der Waals surface area (Å²) in [5.41, 5.74) is 3.21. The Morgan fingerprint density at radius 3 is 2.64 bits per heavy atom. The number of rotatable bonds is 5. The van der Waals surface area contributed by atoms with Crippen LogP contribution in [0.15, 0.2) is 28.6 Å². The van der Waals surface area contributed by atoms with Crippen molar-refractivity contribution in [3.63, 3.8) is 0 Å². The summed E-state index contributed by atoms with van der Waals surface area (Å²) in [4.78, 5) is 8.91. The van der Waals surface area contributed by atoms with Crippen molar-refractivity contribution in [2.75, 3.05) is 13.6 Å². The van der Waals surface area contributed by atoms with Crippen LogP contribution in [0.25, 0.3) is 0 Å². The lowest BCUT2D eigenvalue weighted by Gasteiger charge is -2.14. The van der Waals surface area contributed by atoms with Crippen LogP contribution in [-0.2, 0) is 18.4 Å². The maximum Gasteiger partial charge on any atom is 0.191 e. The van der Waals surface area contributed by atoms with Crippen molar-refractivity contribution in [2.24, 2.45) is 4.99 Å². The van der Waals surface area contributed by atoms with Gasteiger partial charge in [-0.1, -0.05) is 26.8 Å². The Hall–Kier alpha value is -1.95. The monoisotopic (exact) mass is 362 g/mol. The quantitative estimate of drug-likeness (QED) is 0.628. The number of thiazole rings is 1. The third-order valence-corrected chi connectivity index (χ3v) is 5.16. The van der Waals surface area contributed by atoms with Gasteiger partial charge in [0.2, 0.25) is 0 Å². The first-order valence-corrected chi connectivity index (χ1v) is 9.32. The highest BCUT2D eigenvalue weighted by Gasteiger charge is 2.17. The van der Waals surface area contributed by atoms with E-state index in [4.69, 9.17) is 0 Å². The Bertz CT molecular complexity index is 731. The summed E-state index contributed by atoms with van der Waals surface area (Å²) in [6.45, 7) is 9.81. The van der Waals surface area contributed by atoms with Gasteiger partial charge in [0.05, 0.1) is 17.2 Å². The molecule has 2 aromatic rings. The molecule has 6 heteroatoms. The lowest BCUT2D eigenvalue weighted by molar-refractivity contribution is 0.582. The molecule has 0 fully saturated rings. The van der Waals surface area contributed by atoms with Gasteiger partial charge in [0, 0.05) is 24.4 Å². The highest BCUT2D eigenvalue weighted by Crippen LogP contribution is 2.25. The first-order valence-electron chi connectivity index (χ1n) is 8.44. The van der Waals surface area contributed by atoms with Gasteiger partial charge in [0.1, 0.15) is 5.82 Å². The minimum Gasteiger partial charge on any atom is -0.356 e. The van der Waals surface area contributed by atoms with E-state index in [9.17, 15) is 4.39 Å². The predicted molar refractivity (Wildman–Crippen MR) is 104 cm³/mol. The molecule has 0 amide bonds. The van der Waals surface area contributed by atoms with Crippen molar-refractivity contribution in [2.45, 2.75) is 46.1 Å². The molecule has 0 aliphatic carbocycles. The van der Waals surface area contributed by atoms with E-state index in [1.165, 1.54) is 6.07 Å². The normalized spacial score (nSPS) is 12.3. The first-order chi connectivity index (χ1) is 11.8. The Morgan fingerprint density at radius 2 is 2.04 bits per heavy atom. The molecular formula is C19H27FN4S. The zero-order chi connectivity index (χ0) is 18.4. The van der Waals surface area contributed by atoms with Crippen LogP contribution < -0.4 is 10.6 Å². The molecule has 1 aromatic heterocycles. The molecule has 1 aromatic carbocycles. The summed E-state index contributed by atoms with van der Waals surface area (Å²) < 4.78 is 13.1. The van der Waals surface area contributed by atoms with Crippen LogP contribution in [0, 0.1) is 12.7 Å². The molecule has 136 valence electrons. The van der Waals surface area contributed by atoms with Crippen molar-refractivity contribution in [1.29, 1.82) is 0 Å². The van der Waals surface area contributed by atoms with Crippen molar-refractivity contribution >= 4 is 17.3 Å². The Kier molecular flexibility index (Phi) is 6.53. The maximum absolute atomic E-state index is 13.1. The van der Waals surface area contributed by atoms with Gasteiger partial charge < -0.3 is 10.6 Å². The van der Waals surface area contributed by atoms with Gasteiger partial charge in [-0.2, -0.15) is 0 Å². The average molecular weight is 363 g/mol. The number of benzene rings is 1. The van der Waals surface area contributed by atoms with E-state index in [-0.39, 0.29) is 11.2 Å². The van der Waals surface area contributed by atoms with E-state index in [0.717, 1.165) is 40.8 Å². The molecule has 0 atom stereocenters. The molecule has 0 radical (unpaired) electrons. The van der Waals surface area contributed by atoms with E-state index < -0.39 is 0 Å². The van der Waals surface area contributed by atoms with E-state index in [1.54, 1.807) is 24.5 Å². The topological polar surface area (TPSA) is 49.3 Å². The number of aliphatic imine (C=N–C) groups is 1. The van der Waals surface area contributed by atoms with Crippen LogP contribution in [0.5, 0.6) is 0 Å². The molecule has 0 bridgehead atoms. The fourth-order valence-corrected chi connectivity index (χ4v) is 3.29. The number of nitrogens with one attached hydrogen (secondary N) is 2. The van der Waals surface area contributed by atoms with Crippen LogP contribution in [-0.4, -0.2) is 24.5 Å². The number of nitrogens with zero attached hydrogens (tertiary/aromatic N) is 2. The van der Waals surface area contributed by atoms with E-state index in [0.29, 0.717) is 6.54 Å². The predicted octanol–water partition coefficient (Wildman–Crippen LogP) is 3.80. The Balaban J connectivity index is 1.82. The molecule has 4 nitrogen and oxygen atoms in total. The van der Waals surface area contributed by atoms with Crippen molar-refractivity contribution < 1.29 is 4.39 Å². The summed E-state index contributed by atoms with van der Waals surface area (Å²) in [6.07, 6.45) is 0.817. The average Bonchev–Trinajstić information content (AvgIpc) is 3.01. The standard InChI is InChI=1S/C19H27FN4S/c1-13-10-15(20)7-6-14(13)8-9-22-18(21-5)23-11-16-12-25-17(24-16)19(2,3)4/h6-7,10,12H,8-9,11H2,1-5H3,(H2,21,22,23). The molecule has 0 unspecified atom stereocenters. The largest absolute Gasteiger partial charge is 0.356 e. The number of aryl methyl sites for hydroxylation is 1. The summed E-state index contributed by atoms with van der Waals surface area (Å²) in [5.74, 6) is 0.551. The second kappa shape index (κ2) is 8.43. The molecule has 0 saturated carbocycles. The van der Waals surface area contributed by atoms with Crippen LogP contribution in [0.2, 0.25) is 0 Å². The van der Waals surface area contributed by atoms with Gasteiger partial charge in [-0.15, -0.1) is 11.3 Å². The summed E-state index contributed by atoms with van der Waals surface area (Å²) in [5, 5.41) is 9.80. The molecule has 0 spiro atoms. The van der Waals surface area contributed by atoms with Crippen LogP contribution in [0.1, 0.15) is 42.6 Å². The molecule has 2 rings (SSSR count). The molecule has 25 heavy (non-hydrogen) atoms. The lowest BCUT2D eigenvalue weighted by atomic mass is 9.98. The van der Waals surface area contributed by atoms with Crippen molar-refractivity contribution in [3.8, 4) is 0 Å². The van der Waals surface area contributed by atoms with E-state index >= 15 is 0 Å². The van der Waals surface area contributed by atoms with Crippen LogP contribution in [0.3, 0.4) is 0 Å². The SMILES string of the molecule is CN=C(NCCc1ccc(F)cc1C)NCc1csc(C(C)(C)C)n1. The second-order valence-corrected chi connectivity index (χ2v) is 7.93. The summed E-state index contributed by atoms with van der Waals surface area (Å²) in [7, 11) is 1.75. The molecule has 1 heterocycles. The molecule has 2 N–H and O–H groups in total. The van der Waals surface area contributed by atoms with Gasteiger partial charge in [-0.3, -0.25) is 4.99 Å². The van der Waals surface area contributed by atoms with Gasteiger partial charge >= 0.3 is 0 Å². The lowest BCUT2D eigenvalue weighted by Crippen LogP contribution is -2.38. The highest BCUT2D eigenvalue weighted by atomic mass is 32.1. The number of halogens is 1. The zero-order valence-corrected chi connectivity index (χ0v) is 16.4. The number of hydrogen-bond acceptors (Lipinski definition) is 3. The summed E-state index contributed by atoms with van der Waals surface area (Å²) in [6, 6.07) is 4.91. The molecule has 0 aliphatic heterocycles. The smallest absolute Gasteiger partial charge is 0.191 e. The van der Waals surface area contributed by atoms with Crippen LogP contribution in [0.4, 0.5) is 4.39 Å².